The second kappa shape index (κ2) is 10.3. The minimum Gasteiger partial charge on any atom is -0.337 e. The molecule has 0 radical (unpaired) electrons. The molecule has 0 bridgehead atoms. The number of halogens is 1. The molecule has 0 spiro atoms. The van der Waals surface area contributed by atoms with E-state index in [-0.39, 0.29) is 17.7 Å². The number of carbonyl (C=O) groups is 2. The molecular formula is C28H26ClN5O2. The zero-order chi connectivity index (χ0) is 25.1. The number of rotatable bonds is 5. The van der Waals surface area contributed by atoms with Gasteiger partial charge in [-0.1, -0.05) is 41.9 Å². The number of aromatic nitrogens is 3. The SMILES string of the molecule is Cc1ccnc(NC(=O)C2CCN(C(=O)c3cc(-c4ccc(Cl)cc4)nn3-c3ccccc3)CC2)c1. The van der Waals surface area contributed by atoms with Crippen LogP contribution in [0.5, 0.6) is 0 Å². The van der Waals surface area contributed by atoms with Crippen LogP contribution in [-0.4, -0.2) is 44.6 Å². The average molecular weight is 500 g/mol. The zero-order valence-corrected chi connectivity index (χ0v) is 20.7. The molecule has 2 aromatic heterocycles. The van der Waals surface area contributed by atoms with E-state index in [9.17, 15) is 9.59 Å². The molecule has 8 heteroatoms. The van der Waals surface area contributed by atoms with Gasteiger partial charge in [0.25, 0.3) is 5.91 Å². The summed E-state index contributed by atoms with van der Waals surface area (Å²) in [6, 6.07) is 22.6. The van der Waals surface area contributed by atoms with E-state index in [1.54, 1.807) is 15.8 Å². The second-order valence-corrected chi connectivity index (χ2v) is 9.38. The summed E-state index contributed by atoms with van der Waals surface area (Å²) in [5.74, 6) is 0.227. The highest BCUT2D eigenvalue weighted by Gasteiger charge is 2.30. The summed E-state index contributed by atoms with van der Waals surface area (Å²) < 4.78 is 1.69. The van der Waals surface area contributed by atoms with Crippen LogP contribution in [0, 0.1) is 12.8 Å². The highest BCUT2D eigenvalue weighted by molar-refractivity contribution is 6.30. The number of hydrogen-bond acceptors (Lipinski definition) is 4. The summed E-state index contributed by atoms with van der Waals surface area (Å²) in [7, 11) is 0. The highest BCUT2D eigenvalue weighted by Crippen LogP contribution is 2.26. The van der Waals surface area contributed by atoms with Crippen LogP contribution in [-0.2, 0) is 4.79 Å². The van der Waals surface area contributed by atoms with Gasteiger partial charge in [-0.3, -0.25) is 9.59 Å². The molecule has 2 amide bonds. The van der Waals surface area contributed by atoms with Gasteiger partial charge in [-0.25, -0.2) is 9.67 Å². The maximum Gasteiger partial charge on any atom is 0.272 e. The topological polar surface area (TPSA) is 80.1 Å². The fourth-order valence-corrected chi connectivity index (χ4v) is 4.53. The Labute approximate surface area is 214 Å². The molecule has 0 atom stereocenters. The molecule has 0 saturated carbocycles. The first-order valence-corrected chi connectivity index (χ1v) is 12.3. The fourth-order valence-electron chi connectivity index (χ4n) is 4.40. The number of likely N-dealkylation sites (tertiary alicyclic amines) is 1. The number of nitrogens with one attached hydrogen (secondary N) is 1. The van der Waals surface area contributed by atoms with Crippen molar-refractivity contribution in [2.24, 2.45) is 5.92 Å². The zero-order valence-electron chi connectivity index (χ0n) is 19.9. The molecule has 1 saturated heterocycles. The third-order valence-corrected chi connectivity index (χ3v) is 6.64. The van der Waals surface area contributed by atoms with Gasteiger partial charge in [-0.05, 0) is 67.8 Å². The molecule has 1 N–H and O–H groups in total. The van der Waals surface area contributed by atoms with Crippen LogP contribution in [0.4, 0.5) is 5.82 Å². The van der Waals surface area contributed by atoms with E-state index >= 15 is 0 Å². The fraction of sp³-hybridized carbons (Fsp3) is 0.214. The third-order valence-electron chi connectivity index (χ3n) is 6.39. The molecule has 7 nitrogen and oxygen atoms in total. The summed E-state index contributed by atoms with van der Waals surface area (Å²) in [4.78, 5) is 32.4. The molecule has 2 aromatic carbocycles. The second-order valence-electron chi connectivity index (χ2n) is 8.94. The van der Waals surface area contributed by atoms with Crippen molar-refractivity contribution >= 4 is 29.2 Å². The Hall–Kier alpha value is -3.97. The maximum absolute atomic E-state index is 13.6. The van der Waals surface area contributed by atoms with Crippen LogP contribution in [0.1, 0.15) is 28.9 Å². The van der Waals surface area contributed by atoms with Gasteiger partial charge in [0, 0.05) is 35.8 Å². The molecule has 182 valence electrons. The van der Waals surface area contributed by atoms with Crippen molar-refractivity contribution in [2.75, 3.05) is 18.4 Å². The van der Waals surface area contributed by atoms with Crippen LogP contribution >= 0.6 is 11.6 Å². The van der Waals surface area contributed by atoms with Crippen molar-refractivity contribution in [3.05, 3.63) is 95.3 Å². The summed E-state index contributed by atoms with van der Waals surface area (Å²) in [6.45, 7) is 2.95. The van der Waals surface area contributed by atoms with Crippen molar-refractivity contribution in [1.29, 1.82) is 0 Å². The molecule has 1 aliphatic rings. The van der Waals surface area contributed by atoms with Gasteiger partial charge in [0.1, 0.15) is 11.5 Å². The van der Waals surface area contributed by atoms with Crippen molar-refractivity contribution in [3.8, 4) is 16.9 Å². The first kappa shape index (κ1) is 23.8. The first-order chi connectivity index (χ1) is 17.5. The van der Waals surface area contributed by atoms with Gasteiger partial charge in [0.05, 0.1) is 11.4 Å². The van der Waals surface area contributed by atoms with Gasteiger partial charge in [0.2, 0.25) is 5.91 Å². The first-order valence-electron chi connectivity index (χ1n) is 11.9. The van der Waals surface area contributed by atoms with Gasteiger partial charge in [-0.15, -0.1) is 0 Å². The monoisotopic (exact) mass is 499 g/mol. The summed E-state index contributed by atoms with van der Waals surface area (Å²) in [5.41, 5.74) is 3.90. The summed E-state index contributed by atoms with van der Waals surface area (Å²) in [6.07, 6.45) is 2.86. The molecule has 1 aliphatic heterocycles. The Bertz CT molecular complexity index is 1380. The molecule has 0 aliphatic carbocycles. The average Bonchev–Trinajstić information content (AvgIpc) is 3.35. The minimum absolute atomic E-state index is 0.0560. The van der Waals surface area contributed by atoms with Gasteiger partial charge in [0.15, 0.2) is 0 Å². The predicted octanol–water partition coefficient (Wildman–Crippen LogP) is 5.39. The maximum atomic E-state index is 13.6. The lowest BCUT2D eigenvalue weighted by Crippen LogP contribution is -2.42. The largest absolute Gasteiger partial charge is 0.337 e. The molecule has 4 aromatic rings. The molecule has 36 heavy (non-hydrogen) atoms. The molecule has 3 heterocycles. The van der Waals surface area contributed by atoms with Gasteiger partial charge < -0.3 is 10.2 Å². The van der Waals surface area contributed by atoms with E-state index in [0.717, 1.165) is 16.8 Å². The van der Waals surface area contributed by atoms with E-state index in [4.69, 9.17) is 16.7 Å². The number of para-hydroxylation sites is 1. The molecular weight excluding hydrogens is 474 g/mol. The van der Waals surface area contributed by atoms with E-state index in [1.807, 2.05) is 79.7 Å². The Balaban J connectivity index is 1.33. The number of nitrogens with zero attached hydrogens (tertiary/aromatic N) is 4. The Morgan fingerprint density at radius 3 is 2.39 bits per heavy atom. The Kier molecular flexibility index (Phi) is 6.82. The van der Waals surface area contributed by atoms with Crippen LogP contribution in [0.15, 0.2) is 79.0 Å². The summed E-state index contributed by atoms with van der Waals surface area (Å²) >= 11 is 6.05. The summed E-state index contributed by atoms with van der Waals surface area (Å²) in [5, 5.41) is 8.30. The quantitative estimate of drug-likeness (QED) is 0.399. The number of carbonyl (C=O) groups excluding carboxylic acids is 2. The predicted molar refractivity (Wildman–Crippen MR) is 140 cm³/mol. The van der Waals surface area contributed by atoms with Crippen LogP contribution < -0.4 is 5.32 Å². The lowest BCUT2D eigenvalue weighted by Gasteiger charge is -2.31. The van der Waals surface area contributed by atoms with Gasteiger partial charge >= 0.3 is 0 Å². The van der Waals surface area contributed by atoms with Crippen molar-refractivity contribution in [3.63, 3.8) is 0 Å². The Morgan fingerprint density at radius 2 is 1.69 bits per heavy atom. The normalized spacial score (nSPS) is 14.0. The lowest BCUT2D eigenvalue weighted by atomic mass is 9.95. The molecule has 1 fully saturated rings. The van der Waals surface area contributed by atoms with Crippen molar-refractivity contribution < 1.29 is 9.59 Å². The van der Waals surface area contributed by atoms with E-state index in [2.05, 4.69) is 10.3 Å². The number of piperidine rings is 1. The number of anilines is 1. The van der Waals surface area contributed by atoms with Crippen LogP contribution in [0.25, 0.3) is 16.9 Å². The third kappa shape index (κ3) is 5.16. The van der Waals surface area contributed by atoms with Gasteiger partial charge in [-0.2, -0.15) is 5.10 Å². The van der Waals surface area contributed by atoms with Crippen molar-refractivity contribution in [1.82, 2.24) is 19.7 Å². The smallest absolute Gasteiger partial charge is 0.272 e. The number of hydrogen-bond donors (Lipinski definition) is 1. The Morgan fingerprint density at radius 1 is 0.972 bits per heavy atom. The van der Waals surface area contributed by atoms with Crippen LogP contribution in [0.2, 0.25) is 5.02 Å². The number of benzene rings is 2. The highest BCUT2D eigenvalue weighted by atomic mass is 35.5. The van der Waals surface area contributed by atoms with E-state index < -0.39 is 0 Å². The number of aryl methyl sites for hydroxylation is 1. The molecule has 0 unspecified atom stereocenters. The minimum atomic E-state index is -0.167. The standard InChI is InChI=1S/C28H26ClN5O2/c1-19-11-14-30-26(17-19)31-27(35)21-12-15-33(16-13-21)28(36)25-18-24(20-7-9-22(29)10-8-20)32-34(25)23-5-3-2-4-6-23/h2-11,14,17-18,21H,12-13,15-16H2,1H3,(H,30,31,35). The van der Waals surface area contributed by atoms with Crippen molar-refractivity contribution in [2.45, 2.75) is 19.8 Å². The number of amides is 2. The van der Waals surface area contributed by atoms with E-state index in [0.29, 0.717) is 48.2 Å². The molecule has 5 rings (SSSR count). The van der Waals surface area contributed by atoms with Crippen LogP contribution in [0.3, 0.4) is 0 Å². The van der Waals surface area contributed by atoms with E-state index in [1.165, 1.54) is 0 Å². The number of pyridine rings is 1. The lowest BCUT2D eigenvalue weighted by molar-refractivity contribution is -0.121.